The summed E-state index contributed by atoms with van der Waals surface area (Å²) in [7, 11) is 0. The maximum absolute atomic E-state index is 12.4. The van der Waals surface area contributed by atoms with E-state index in [2.05, 4.69) is 21.1 Å². The smallest absolute Gasteiger partial charge is 0.245 e. The van der Waals surface area contributed by atoms with Crippen LogP contribution in [-0.2, 0) is 14.3 Å². The number of allylic oxidation sites excluding steroid dienone is 1. The Kier molecular flexibility index (Phi) is 4.02. The van der Waals surface area contributed by atoms with Crippen LogP contribution in [0.5, 0.6) is 0 Å². The molecule has 0 aromatic heterocycles. The molecule has 0 unspecified atom stereocenters. The maximum Gasteiger partial charge on any atom is 0.245 e. The highest BCUT2D eigenvalue weighted by Crippen LogP contribution is 2.18. The topological polar surface area (TPSA) is 95.1 Å². The van der Waals surface area contributed by atoms with Gasteiger partial charge in [0.25, 0.3) is 0 Å². The fraction of sp³-hybridized carbons (Fsp3) is 0.643. The van der Waals surface area contributed by atoms with Crippen LogP contribution in [0, 0.1) is 0 Å². The Morgan fingerprint density at radius 2 is 2.32 bits per heavy atom. The predicted octanol–water partition coefficient (Wildman–Crippen LogP) is -0.402. The second kappa shape index (κ2) is 5.96. The lowest BCUT2D eigenvalue weighted by Crippen LogP contribution is -2.62. The summed E-state index contributed by atoms with van der Waals surface area (Å²) < 4.78 is 5.49. The first kappa shape index (κ1) is 14.8. The van der Waals surface area contributed by atoms with Gasteiger partial charge < -0.3 is 10.1 Å². The number of carbonyl (C=O) groups is 2. The Morgan fingerprint density at radius 1 is 1.50 bits per heavy atom. The Hall–Kier alpha value is -2.09. The Morgan fingerprint density at radius 3 is 3.00 bits per heavy atom. The molecule has 0 bridgehead atoms. The van der Waals surface area contributed by atoms with Gasteiger partial charge in [0.2, 0.25) is 17.8 Å². The lowest BCUT2D eigenvalue weighted by Gasteiger charge is -2.32. The van der Waals surface area contributed by atoms with Gasteiger partial charge in [-0.1, -0.05) is 0 Å². The van der Waals surface area contributed by atoms with Crippen molar-refractivity contribution >= 4 is 17.8 Å². The number of carbonyl (C=O) groups excluding carboxylic acids is 2. The third kappa shape index (κ3) is 2.92. The first-order valence-electron chi connectivity index (χ1n) is 7.56. The molecule has 3 aliphatic rings. The van der Waals surface area contributed by atoms with Gasteiger partial charge in [0, 0.05) is 13.2 Å². The monoisotopic (exact) mass is 307 g/mol. The molecule has 2 atom stereocenters. The molecule has 2 fully saturated rings. The van der Waals surface area contributed by atoms with Crippen LogP contribution in [0.15, 0.2) is 16.4 Å². The van der Waals surface area contributed by atoms with Crippen molar-refractivity contribution in [3.05, 3.63) is 11.4 Å². The van der Waals surface area contributed by atoms with Gasteiger partial charge in [-0.2, -0.15) is 4.99 Å². The lowest BCUT2D eigenvalue weighted by atomic mass is 10.1. The van der Waals surface area contributed by atoms with E-state index in [1.165, 1.54) is 0 Å². The third-order valence-corrected chi connectivity index (χ3v) is 3.92. The van der Waals surface area contributed by atoms with E-state index in [0.717, 1.165) is 25.0 Å². The van der Waals surface area contributed by atoms with Crippen molar-refractivity contribution in [2.45, 2.75) is 45.3 Å². The molecule has 0 aliphatic carbocycles. The van der Waals surface area contributed by atoms with Gasteiger partial charge in [-0.05, 0) is 32.3 Å². The van der Waals surface area contributed by atoms with E-state index in [4.69, 9.17) is 4.74 Å². The van der Waals surface area contributed by atoms with Crippen LogP contribution in [0.25, 0.3) is 0 Å². The second-order valence-electron chi connectivity index (χ2n) is 5.91. The Bertz CT molecular complexity index is 547. The number of fused-ring (bicyclic) bond motifs is 1. The van der Waals surface area contributed by atoms with Crippen LogP contribution >= 0.6 is 0 Å². The van der Waals surface area contributed by atoms with E-state index < -0.39 is 6.04 Å². The van der Waals surface area contributed by atoms with Crippen LogP contribution in [0.1, 0.15) is 33.1 Å². The molecule has 0 aromatic rings. The molecule has 8 heteroatoms. The van der Waals surface area contributed by atoms with E-state index in [1.807, 2.05) is 13.8 Å². The SMILES string of the molecule is CC(C)=C1N=C2NC(=O)C[C@@H](C(=O)NC[C@@H]3CCCO3)N2N1. The van der Waals surface area contributed by atoms with Crippen LogP contribution in [0.2, 0.25) is 0 Å². The number of nitrogens with zero attached hydrogens (tertiary/aromatic N) is 2. The zero-order chi connectivity index (χ0) is 15.7. The van der Waals surface area contributed by atoms with E-state index in [1.54, 1.807) is 5.01 Å². The van der Waals surface area contributed by atoms with Gasteiger partial charge in [0.1, 0.15) is 11.9 Å². The van der Waals surface area contributed by atoms with Gasteiger partial charge in [-0.15, -0.1) is 0 Å². The molecular weight excluding hydrogens is 286 g/mol. The quantitative estimate of drug-likeness (QED) is 0.659. The molecule has 2 saturated heterocycles. The number of rotatable bonds is 3. The van der Waals surface area contributed by atoms with E-state index in [9.17, 15) is 9.59 Å². The lowest BCUT2D eigenvalue weighted by molar-refractivity contribution is -0.132. The number of hydrogen-bond acceptors (Lipinski definition) is 6. The first-order valence-corrected chi connectivity index (χ1v) is 7.56. The van der Waals surface area contributed by atoms with Crippen molar-refractivity contribution in [1.29, 1.82) is 0 Å². The molecule has 0 radical (unpaired) electrons. The number of amides is 2. The predicted molar refractivity (Wildman–Crippen MR) is 79.3 cm³/mol. The summed E-state index contributed by atoms with van der Waals surface area (Å²) in [5, 5.41) is 7.18. The molecule has 0 spiro atoms. The third-order valence-electron chi connectivity index (χ3n) is 3.92. The summed E-state index contributed by atoms with van der Waals surface area (Å²) in [6.07, 6.45) is 2.16. The molecule has 22 heavy (non-hydrogen) atoms. The summed E-state index contributed by atoms with van der Waals surface area (Å²) in [5.74, 6) is 0.642. The van der Waals surface area contributed by atoms with Crippen molar-refractivity contribution in [1.82, 2.24) is 21.1 Å². The molecule has 8 nitrogen and oxygen atoms in total. The second-order valence-corrected chi connectivity index (χ2v) is 5.91. The van der Waals surface area contributed by atoms with Crippen LogP contribution in [-0.4, -0.2) is 48.1 Å². The molecule has 3 aliphatic heterocycles. The fourth-order valence-corrected chi connectivity index (χ4v) is 2.68. The number of hydrogen-bond donors (Lipinski definition) is 3. The minimum atomic E-state index is -0.606. The average Bonchev–Trinajstić information content (AvgIpc) is 3.12. The van der Waals surface area contributed by atoms with Crippen LogP contribution in [0.3, 0.4) is 0 Å². The minimum absolute atomic E-state index is 0.0781. The van der Waals surface area contributed by atoms with E-state index in [-0.39, 0.29) is 24.3 Å². The van der Waals surface area contributed by atoms with Crippen molar-refractivity contribution in [2.24, 2.45) is 4.99 Å². The molecule has 3 rings (SSSR count). The normalized spacial score (nSPS) is 27.0. The van der Waals surface area contributed by atoms with Crippen molar-refractivity contribution in [3.63, 3.8) is 0 Å². The van der Waals surface area contributed by atoms with E-state index in [0.29, 0.717) is 18.3 Å². The molecule has 2 amide bonds. The number of ether oxygens (including phenoxy) is 1. The fourth-order valence-electron chi connectivity index (χ4n) is 2.68. The summed E-state index contributed by atoms with van der Waals surface area (Å²) >= 11 is 0. The molecule has 3 N–H and O–H groups in total. The molecule has 120 valence electrons. The number of hydrazine groups is 1. The van der Waals surface area contributed by atoms with Gasteiger partial charge in [-0.25, -0.2) is 5.01 Å². The van der Waals surface area contributed by atoms with E-state index >= 15 is 0 Å². The van der Waals surface area contributed by atoms with Crippen molar-refractivity contribution < 1.29 is 14.3 Å². The first-order chi connectivity index (χ1) is 10.5. The van der Waals surface area contributed by atoms with Crippen molar-refractivity contribution in [2.75, 3.05) is 13.2 Å². The van der Waals surface area contributed by atoms with Gasteiger partial charge >= 0.3 is 0 Å². The largest absolute Gasteiger partial charge is 0.376 e. The van der Waals surface area contributed by atoms with Crippen LogP contribution < -0.4 is 16.1 Å². The maximum atomic E-state index is 12.4. The number of aliphatic imine (C=N–C) groups is 1. The van der Waals surface area contributed by atoms with Gasteiger partial charge in [0.15, 0.2) is 0 Å². The van der Waals surface area contributed by atoms with Crippen molar-refractivity contribution in [3.8, 4) is 0 Å². The van der Waals surface area contributed by atoms with Gasteiger partial charge in [-0.3, -0.25) is 20.3 Å². The molecule has 3 heterocycles. The molecular formula is C14H21N5O3. The summed E-state index contributed by atoms with van der Waals surface area (Å²) in [5.41, 5.74) is 4.06. The minimum Gasteiger partial charge on any atom is -0.376 e. The molecule has 0 aromatic carbocycles. The van der Waals surface area contributed by atoms with Gasteiger partial charge in [0.05, 0.1) is 12.5 Å². The van der Waals surface area contributed by atoms with Crippen LogP contribution in [0.4, 0.5) is 0 Å². The zero-order valence-corrected chi connectivity index (χ0v) is 12.8. The summed E-state index contributed by atoms with van der Waals surface area (Å²) in [4.78, 5) is 28.5. The standard InChI is InChI=1S/C14H21N5O3/c1-8(2)12-17-14-16-11(20)6-10(19(14)18-12)13(21)15-7-9-4-3-5-22-9/h9-10,18H,3-7H2,1-2H3,(H,15,21)(H,16,17,20)/t9-,10-/m0/s1. The highest BCUT2D eigenvalue weighted by Gasteiger charge is 2.39. The molecule has 0 saturated carbocycles. The number of nitrogens with one attached hydrogen (secondary N) is 3. The highest BCUT2D eigenvalue weighted by atomic mass is 16.5. The highest BCUT2D eigenvalue weighted by molar-refractivity contribution is 6.05. The summed E-state index contributed by atoms with van der Waals surface area (Å²) in [6.45, 7) is 5.06. The average molecular weight is 307 g/mol. The number of guanidine groups is 1. The Labute approximate surface area is 128 Å². The summed E-state index contributed by atoms with van der Waals surface area (Å²) in [6, 6.07) is -0.606. The Balaban J connectivity index is 1.67. The zero-order valence-electron chi connectivity index (χ0n) is 12.8.